The third-order valence-corrected chi connectivity index (χ3v) is 3.13. The molecule has 1 aromatic carbocycles. The first-order valence-electron chi connectivity index (χ1n) is 5.72. The van der Waals surface area contributed by atoms with Crippen LogP contribution >= 0.6 is 15.9 Å². The van der Waals surface area contributed by atoms with Crippen molar-refractivity contribution in [1.29, 1.82) is 0 Å². The Morgan fingerprint density at radius 1 is 1.32 bits per heavy atom. The van der Waals surface area contributed by atoms with Crippen LogP contribution in [0.4, 0.5) is 0 Å². The van der Waals surface area contributed by atoms with Gasteiger partial charge >= 0.3 is 0 Å². The highest BCUT2D eigenvalue weighted by molar-refractivity contribution is 9.10. The zero-order valence-electron chi connectivity index (χ0n) is 10.6. The van der Waals surface area contributed by atoms with Gasteiger partial charge in [0.25, 0.3) is 5.91 Å². The summed E-state index contributed by atoms with van der Waals surface area (Å²) in [5, 5.41) is 2.52. The number of carbonyl (C=O) groups excluding carboxylic acids is 1. The average Bonchev–Trinajstić information content (AvgIpc) is 2.41. The van der Waals surface area contributed by atoms with Crippen molar-refractivity contribution in [2.45, 2.75) is 6.92 Å². The molecule has 1 amide bonds. The van der Waals surface area contributed by atoms with Gasteiger partial charge in [0.05, 0.1) is 4.47 Å². The van der Waals surface area contributed by atoms with Crippen molar-refractivity contribution >= 4 is 21.8 Å². The molecule has 0 aliphatic heterocycles. The van der Waals surface area contributed by atoms with Crippen molar-refractivity contribution in [3.63, 3.8) is 0 Å². The molecule has 0 saturated carbocycles. The topological polar surface area (TPSA) is 51.2 Å². The van der Waals surface area contributed by atoms with Gasteiger partial charge in [-0.3, -0.25) is 9.78 Å². The Morgan fingerprint density at radius 2 is 2.11 bits per heavy atom. The van der Waals surface area contributed by atoms with Crippen molar-refractivity contribution in [3.8, 4) is 11.5 Å². The molecule has 2 rings (SSSR count). The van der Waals surface area contributed by atoms with E-state index in [9.17, 15) is 4.79 Å². The minimum absolute atomic E-state index is 0.242. The number of pyridine rings is 1. The standard InChI is InChI=1S/C14H13BrN2O2/c1-9-3-4-13(11(15)7-9)19-10-5-6-17-12(8-10)14(18)16-2/h3-8H,1-2H3,(H,16,18). The van der Waals surface area contributed by atoms with Crippen LogP contribution in [-0.4, -0.2) is 17.9 Å². The number of carbonyl (C=O) groups is 1. The molecule has 5 heteroatoms. The van der Waals surface area contributed by atoms with E-state index in [1.807, 2.05) is 25.1 Å². The van der Waals surface area contributed by atoms with E-state index in [1.54, 1.807) is 25.4 Å². The lowest BCUT2D eigenvalue weighted by Crippen LogP contribution is -2.18. The van der Waals surface area contributed by atoms with E-state index in [0.717, 1.165) is 10.0 Å². The third kappa shape index (κ3) is 3.32. The summed E-state index contributed by atoms with van der Waals surface area (Å²) in [5.41, 5.74) is 1.46. The largest absolute Gasteiger partial charge is 0.456 e. The number of benzene rings is 1. The lowest BCUT2D eigenvalue weighted by Gasteiger charge is -2.09. The van der Waals surface area contributed by atoms with E-state index in [4.69, 9.17) is 4.74 Å². The Kier molecular flexibility index (Phi) is 4.16. The molecule has 1 aromatic heterocycles. The number of aryl methyl sites for hydroxylation is 1. The summed E-state index contributed by atoms with van der Waals surface area (Å²) in [6.07, 6.45) is 1.54. The molecule has 0 bridgehead atoms. The average molecular weight is 321 g/mol. The highest BCUT2D eigenvalue weighted by Crippen LogP contribution is 2.30. The van der Waals surface area contributed by atoms with E-state index in [0.29, 0.717) is 17.2 Å². The Labute approximate surface area is 119 Å². The molecule has 19 heavy (non-hydrogen) atoms. The summed E-state index contributed by atoms with van der Waals surface area (Å²) in [6.45, 7) is 2.00. The number of hydrogen-bond acceptors (Lipinski definition) is 3. The van der Waals surface area contributed by atoms with Gasteiger partial charge in [-0.05, 0) is 46.6 Å². The molecular formula is C14H13BrN2O2. The summed E-state index contributed by atoms with van der Waals surface area (Å²) in [6, 6.07) is 9.11. The number of aromatic nitrogens is 1. The quantitative estimate of drug-likeness (QED) is 0.944. The zero-order valence-corrected chi connectivity index (χ0v) is 12.2. The summed E-state index contributed by atoms with van der Waals surface area (Å²) in [5.74, 6) is 1.02. The molecule has 0 radical (unpaired) electrons. The van der Waals surface area contributed by atoms with E-state index >= 15 is 0 Å². The smallest absolute Gasteiger partial charge is 0.269 e. The van der Waals surface area contributed by atoms with Crippen LogP contribution in [0.15, 0.2) is 41.0 Å². The number of nitrogens with one attached hydrogen (secondary N) is 1. The molecule has 0 atom stereocenters. The fourth-order valence-corrected chi connectivity index (χ4v) is 2.12. The third-order valence-electron chi connectivity index (χ3n) is 2.51. The van der Waals surface area contributed by atoms with Crippen LogP contribution in [-0.2, 0) is 0 Å². The van der Waals surface area contributed by atoms with Crippen LogP contribution in [0.5, 0.6) is 11.5 Å². The van der Waals surface area contributed by atoms with Gasteiger partial charge in [-0.15, -0.1) is 0 Å². The molecule has 0 unspecified atom stereocenters. The van der Waals surface area contributed by atoms with Gasteiger partial charge in [0, 0.05) is 19.3 Å². The monoisotopic (exact) mass is 320 g/mol. The van der Waals surface area contributed by atoms with E-state index in [1.165, 1.54) is 0 Å². The maximum atomic E-state index is 11.5. The molecule has 0 aliphatic rings. The van der Waals surface area contributed by atoms with Crippen molar-refractivity contribution < 1.29 is 9.53 Å². The predicted octanol–water partition coefficient (Wildman–Crippen LogP) is 3.30. The van der Waals surface area contributed by atoms with E-state index < -0.39 is 0 Å². The van der Waals surface area contributed by atoms with Gasteiger partial charge in [0.15, 0.2) is 0 Å². The Morgan fingerprint density at radius 3 is 2.79 bits per heavy atom. The SMILES string of the molecule is CNC(=O)c1cc(Oc2ccc(C)cc2Br)ccn1. The maximum absolute atomic E-state index is 11.5. The van der Waals surface area contributed by atoms with Crippen LogP contribution in [0.3, 0.4) is 0 Å². The van der Waals surface area contributed by atoms with Gasteiger partial charge in [0.2, 0.25) is 0 Å². The minimum Gasteiger partial charge on any atom is -0.456 e. The van der Waals surface area contributed by atoms with Gasteiger partial charge < -0.3 is 10.1 Å². The number of halogens is 1. The molecule has 4 nitrogen and oxygen atoms in total. The lowest BCUT2D eigenvalue weighted by molar-refractivity contribution is 0.0958. The molecular weight excluding hydrogens is 308 g/mol. The first-order chi connectivity index (χ1) is 9.10. The molecule has 0 saturated heterocycles. The molecule has 1 heterocycles. The van der Waals surface area contributed by atoms with Crippen LogP contribution in [0.1, 0.15) is 16.1 Å². The highest BCUT2D eigenvalue weighted by Gasteiger charge is 2.08. The first-order valence-corrected chi connectivity index (χ1v) is 6.51. The second-order valence-electron chi connectivity index (χ2n) is 3.99. The molecule has 0 spiro atoms. The second kappa shape index (κ2) is 5.84. The van der Waals surface area contributed by atoms with Crippen molar-refractivity contribution in [2.24, 2.45) is 0 Å². The predicted molar refractivity (Wildman–Crippen MR) is 76.6 cm³/mol. The minimum atomic E-state index is -0.242. The molecule has 98 valence electrons. The first kappa shape index (κ1) is 13.5. The number of hydrogen-bond donors (Lipinski definition) is 1. The van der Waals surface area contributed by atoms with Gasteiger partial charge in [-0.25, -0.2) is 0 Å². The summed E-state index contributed by atoms with van der Waals surface area (Å²) in [7, 11) is 1.56. The molecule has 2 aromatic rings. The molecule has 0 aliphatic carbocycles. The van der Waals surface area contributed by atoms with Crippen molar-refractivity contribution in [1.82, 2.24) is 10.3 Å². The Bertz CT molecular complexity index is 614. The number of ether oxygens (including phenoxy) is 1. The number of amides is 1. The van der Waals surface area contributed by atoms with E-state index in [-0.39, 0.29) is 5.91 Å². The summed E-state index contributed by atoms with van der Waals surface area (Å²) in [4.78, 5) is 15.5. The lowest BCUT2D eigenvalue weighted by atomic mass is 10.2. The number of nitrogens with zero attached hydrogens (tertiary/aromatic N) is 1. The second-order valence-corrected chi connectivity index (χ2v) is 4.85. The van der Waals surface area contributed by atoms with Crippen LogP contribution in [0.25, 0.3) is 0 Å². The van der Waals surface area contributed by atoms with Crippen LogP contribution in [0, 0.1) is 6.92 Å². The van der Waals surface area contributed by atoms with E-state index in [2.05, 4.69) is 26.2 Å². The van der Waals surface area contributed by atoms with Gasteiger partial charge in [-0.2, -0.15) is 0 Å². The highest BCUT2D eigenvalue weighted by atomic mass is 79.9. The van der Waals surface area contributed by atoms with Crippen molar-refractivity contribution in [3.05, 3.63) is 52.3 Å². The van der Waals surface area contributed by atoms with Gasteiger partial charge in [-0.1, -0.05) is 6.07 Å². The normalized spacial score (nSPS) is 10.1. The fourth-order valence-electron chi connectivity index (χ4n) is 1.54. The molecule has 0 fully saturated rings. The number of rotatable bonds is 3. The zero-order chi connectivity index (χ0) is 13.8. The van der Waals surface area contributed by atoms with Crippen molar-refractivity contribution in [2.75, 3.05) is 7.05 Å². The van der Waals surface area contributed by atoms with Crippen LogP contribution in [0.2, 0.25) is 0 Å². The maximum Gasteiger partial charge on any atom is 0.269 e. The fraction of sp³-hybridized carbons (Fsp3) is 0.143. The summed E-state index contributed by atoms with van der Waals surface area (Å²) < 4.78 is 6.60. The Balaban J connectivity index is 2.26. The molecule has 1 N–H and O–H groups in total. The Hall–Kier alpha value is -1.88. The van der Waals surface area contributed by atoms with Crippen LogP contribution < -0.4 is 10.1 Å². The summed E-state index contributed by atoms with van der Waals surface area (Å²) >= 11 is 3.45. The van der Waals surface area contributed by atoms with Gasteiger partial charge in [0.1, 0.15) is 17.2 Å².